The number of nitrogen functional groups attached to an aromatic ring is 1. The van der Waals surface area contributed by atoms with Crippen LogP contribution in [0.3, 0.4) is 0 Å². The number of anilines is 1. The Hall–Kier alpha value is -0.110. The van der Waals surface area contributed by atoms with Gasteiger partial charge in [0.05, 0.1) is 10.6 Å². The second-order valence-corrected chi connectivity index (χ2v) is 3.44. The summed E-state index contributed by atoms with van der Waals surface area (Å²) in [6.07, 6.45) is 0. The van der Waals surface area contributed by atoms with E-state index in [1.165, 1.54) is 18.2 Å². The molecule has 1 aromatic rings. The van der Waals surface area contributed by atoms with Crippen molar-refractivity contribution in [3.05, 3.63) is 24.3 Å². The van der Waals surface area contributed by atoms with Crippen molar-refractivity contribution in [2.24, 2.45) is 5.84 Å². The van der Waals surface area contributed by atoms with E-state index in [1.807, 2.05) is 0 Å². The van der Waals surface area contributed by atoms with E-state index in [2.05, 4.69) is 5.43 Å². The van der Waals surface area contributed by atoms with Gasteiger partial charge < -0.3 is 9.98 Å². The van der Waals surface area contributed by atoms with Gasteiger partial charge in [-0.2, -0.15) is 0 Å². The third-order valence-electron chi connectivity index (χ3n) is 1.31. The molecule has 66 valence electrons. The molecule has 0 spiro atoms. The Kier molecular flexibility index (Phi) is 4.90. The molecule has 0 amide bonds. The molecule has 0 fully saturated rings. The zero-order valence-corrected chi connectivity index (χ0v) is 9.84. The monoisotopic (exact) mass is 210 g/mol. The predicted molar refractivity (Wildman–Crippen MR) is 42.2 cm³/mol. The van der Waals surface area contributed by atoms with Crippen LogP contribution in [0.2, 0.25) is 0 Å². The number of hydrogen-bond acceptors (Lipinski definition) is 5. The van der Waals surface area contributed by atoms with Gasteiger partial charge in [-0.3, -0.25) is 5.84 Å². The SMILES string of the molecule is NNc1ccccc1S(=O)(=O)[O-].[Na+]. The Bertz CT molecular complexity index is 379. The van der Waals surface area contributed by atoms with Gasteiger partial charge in [0, 0.05) is 0 Å². The van der Waals surface area contributed by atoms with Crippen molar-refractivity contribution in [1.29, 1.82) is 0 Å². The number of hydrazine groups is 1. The summed E-state index contributed by atoms with van der Waals surface area (Å²) in [6, 6.07) is 5.62. The quantitative estimate of drug-likeness (QED) is 0.233. The number of hydrogen-bond donors (Lipinski definition) is 2. The summed E-state index contributed by atoms with van der Waals surface area (Å²) >= 11 is 0. The van der Waals surface area contributed by atoms with Crippen LogP contribution in [0.5, 0.6) is 0 Å². The molecule has 0 atom stereocenters. The normalized spacial score (nSPS) is 10.3. The van der Waals surface area contributed by atoms with Crippen LogP contribution >= 0.6 is 0 Å². The molecular formula is C6H7N2NaO3S. The van der Waals surface area contributed by atoms with Crippen LogP contribution in [0, 0.1) is 0 Å². The van der Waals surface area contributed by atoms with Gasteiger partial charge in [-0.15, -0.1) is 0 Å². The molecule has 1 aromatic carbocycles. The van der Waals surface area contributed by atoms with E-state index in [0.29, 0.717) is 0 Å². The van der Waals surface area contributed by atoms with E-state index < -0.39 is 10.1 Å². The molecule has 0 saturated heterocycles. The molecule has 0 aliphatic heterocycles. The molecule has 3 N–H and O–H groups in total. The zero-order valence-electron chi connectivity index (χ0n) is 7.02. The molecular weight excluding hydrogens is 203 g/mol. The Labute approximate surface area is 98.3 Å². The van der Waals surface area contributed by atoms with Crippen LogP contribution < -0.4 is 40.8 Å². The molecule has 0 saturated carbocycles. The van der Waals surface area contributed by atoms with E-state index in [4.69, 9.17) is 5.84 Å². The van der Waals surface area contributed by atoms with Crippen molar-refractivity contribution >= 4 is 15.8 Å². The fourth-order valence-corrected chi connectivity index (χ4v) is 1.45. The third-order valence-corrected chi connectivity index (χ3v) is 2.21. The van der Waals surface area contributed by atoms with Crippen molar-refractivity contribution in [2.75, 3.05) is 5.43 Å². The summed E-state index contributed by atoms with van der Waals surface area (Å²) < 4.78 is 31.7. The van der Waals surface area contributed by atoms with Crippen molar-refractivity contribution in [1.82, 2.24) is 0 Å². The largest absolute Gasteiger partial charge is 1.00 e. The Balaban J connectivity index is 0.00000144. The molecule has 0 radical (unpaired) electrons. The van der Waals surface area contributed by atoms with Crippen LogP contribution in [-0.2, 0) is 10.1 Å². The summed E-state index contributed by atoms with van der Waals surface area (Å²) in [7, 11) is -4.44. The molecule has 0 aliphatic carbocycles. The van der Waals surface area contributed by atoms with Crippen molar-refractivity contribution in [3.63, 3.8) is 0 Å². The van der Waals surface area contributed by atoms with Gasteiger partial charge in [-0.05, 0) is 12.1 Å². The number of nitrogens with one attached hydrogen (secondary N) is 1. The third kappa shape index (κ3) is 3.26. The Morgan fingerprint density at radius 1 is 1.31 bits per heavy atom. The summed E-state index contributed by atoms with van der Waals surface area (Å²) in [6.45, 7) is 0. The molecule has 0 aliphatic rings. The second-order valence-electron chi connectivity index (χ2n) is 2.09. The van der Waals surface area contributed by atoms with Crippen LogP contribution in [0.4, 0.5) is 5.69 Å². The smallest absolute Gasteiger partial charge is 0.744 e. The van der Waals surface area contributed by atoms with Gasteiger partial charge in [0.25, 0.3) is 0 Å². The van der Waals surface area contributed by atoms with E-state index in [0.717, 1.165) is 0 Å². The van der Waals surface area contributed by atoms with Crippen molar-refractivity contribution < 1.29 is 42.5 Å². The first-order valence-electron chi connectivity index (χ1n) is 3.07. The Morgan fingerprint density at radius 2 is 1.85 bits per heavy atom. The summed E-state index contributed by atoms with van der Waals surface area (Å²) in [5, 5.41) is 0. The number of nitrogens with two attached hydrogens (primary N) is 1. The van der Waals surface area contributed by atoms with Gasteiger partial charge in [0.2, 0.25) is 0 Å². The van der Waals surface area contributed by atoms with Crippen LogP contribution in [0.25, 0.3) is 0 Å². The average molecular weight is 210 g/mol. The van der Waals surface area contributed by atoms with Gasteiger partial charge >= 0.3 is 29.6 Å². The minimum atomic E-state index is -4.44. The summed E-state index contributed by atoms with van der Waals surface area (Å²) in [4.78, 5) is -0.340. The molecule has 0 unspecified atom stereocenters. The first-order valence-corrected chi connectivity index (χ1v) is 4.48. The van der Waals surface area contributed by atoms with Crippen LogP contribution in [0.1, 0.15) is 0 Å². The minimum absolute atomic E-state index is 0. The van der Waals surface area contributed by atoms with Gasteiger partial charge in [-0.25, -0.2) is 8.42 Å². The molecule has 13 heavy (non-hydrogen) atoms. The minimum Gasteiger partial charge on any atom is -0.744 e. The van der Waals surface area contributed by atoms with Gasteiger partial charge in [0.1, 0.15) is 10.1 Å². The first-order chi connectivity index (χ1) is 5.55. The summed E-state index contributed by atoms with van der Waals surface area (Å²) in [5.74, 6) is 4.99. The zero-order chi connectivity index (χ0) is 9.19. The number of benzene rings is 1. The number of para-hydroxylation sites is 1. The van der Waals surface area contributed by atoms with E-state index in [1.54, 1.807) is 6.07 Å². The van der Waals surface area contributed by atoms with Crippen molar-refractivity contribution in [2.45, 2.75) is 4.90 Å². The fourth-order valence-electron chi connectivity index (χ4n) is 0.804. The Morgan fingerprint density at radius 3 is 2.23 bits per heavy atom. The molecule has 5 nitrogen and oxygen atoms in total. The second kappa shape index (κ2) is 4.94. The predicted octanol–water partition coefficient (Wildman–Crippen LogP) is -3.12. The topological polar surface area (TPSA) is 95.2 Å². The van der Waals surface area contributed by atoms with Crippen LogP contribution in [-0.4, -0.2) is 13.0 Å². The fraction of sp³-hybridized carbons (Fsp3) is 0. The maximum atomic E-state index is 10.6. The van der Waals surface area contributed by atoms with E-state index in [9.17, 15) is 13.0 Å². The van der Waals surface area contributed by atoms with Gasteiger partial charge in [0.15, 0.2) is 0 Å². The van der Waals surface area contributed by atoms with E-state index >= 15 is 0 Å². The summed E-state index contributed by atoms with van der Waals surface area (Å²) in [5.41, 5.74) is 2.23. The molecule has 0 heterocycles. The maximum absolute atomic E-state index is 10.6. The molecule has 7 heteroatoms. The van der Waals surface area contributed by atoms with E-state index in [-0.39, 0.29) is 40.1 Å². The average Bonchev–Trinajstić information content (AvgIpc) is 2.03. The first kappa shape index (κ1) is 12.9. The maximum Gasteiger partial charge on any atom is 1.00 e. The molecule has 0 bridgehead atoms. The standard InChI is InChI=1S/C6H8N2O3S.Na/c7-8-5-3-1-2-4-6(5)12(9,10)11;/h1-4,8H,7H2,(H,9,10,11);/q;+1/p-1. The molecule has 0 aromatic heterocycles. The van der Waals surface area contributed by atoms with Crippen molar-refractivity contribution in [3.8, 4) is 0 Å². The van der Waals surface area contributed by atoms with Crippen LogP contribution in [0.15, 0.2) is 29.2 Å². The van der Waals surface area contributed by atoms with Gasteiger partial charge in [-0.1, -0.05) is 12.1 Å². The molecule has 1 rings (SSSR count). The number of rotatable bonds is 2.